The molecule has 3 heterocycles. The van der Waals surface area contributed by atoms with Crippen molar-refractivity contribution in [2.24, 2.45) is 0 Å². The van der Waals surface area contributed by atoms with Crippen LogP contribution in [0.15, 0.2) is 36.4 Å². The van der Waals surface area contributed by atoms with E-state index < -0.39 is 5.54 Å². The smallest absolute Gasteiger partial charge is 0.275 e. The maximum atomic E-state index is 14.0. The Morgan fingerprint density at radius 3 is 2.50 bits per heavy atom. The zero-order chi connectivity index (χ0) is 24.0. The topological polar surface area (TPSA) is 54.3 Å². The van der Waals surface area contributed by atoms with Crippen LogP contribution in [0, 0.1) is 0 Å². The fraction of sp³-hybridized carbons (Fsp3) is 0.500. The van der Waals surface area contributed by atoms with Gasteiger partial charge in [-0.3, -0.25) is 14.5 Å². The van der Waals surface area contributed by atoms with Crippen molar-refractivity contribution >= 4 is 39.1 Å². The minimum atomic E-state index is -1.01. The molecule has 1 unspecified atom stereocenters. The Morgan fingerprint density at radius 2 is 1.85 bits per heavy atom. The summed E-state index contributed by atoms with van der Waals surface area (Å²) in [6, 6.07) is 12.5. The van der Waals surface area contributed by atoms with Crippen molar-refractivity contribution in [3.8, 4) is 0 Å². The fourth-order valence-electron chi connectivity index (χ4n) is 5.50. The molecule has 2 amide bonds. The van der Waals surface area contributed by atoms with Gasteiger partial charge in [-0.15, -0.1) is 11.3 Å². The van der Waals surface area contributed by atoms with Gasteiger partial charge >= 0.3 is 0 Å². The number of rotatable bonds is 5. The Kier molecular flexibility index (Phi) is 6.05. The maximum Gasteiger partial charge on any atom is 0.275 e. The molecule has 1 saturated carbocycles. The quantitative estimate of drug-likeness (QED) is 0.472. The fourth-order valence-corrected chi connectivity index (χ4v) is 6.55. The van der Waals surface area contributed by atoms with Gasteiger partial charge < -0.3 is 9.88 Å². The minimum Gasteiger partial charge on any atom is -0.351 e. The average molecular weight is 478 g/mol. The van der Waals surface area contributed by atoms with Crippen molar-refractivity contribution in [1.82, 2.24) is 9.88 Å². The molecular weight excluding hydrogens is 442 g/mol. The molecule has 180 valence electrons. The number of carbonyl (C=O) groups is 2. The van der Waals surface area contributed by atoms with E-state index in [1.807, 2.05) is 25.1 Å². The largest absolute Gasteiger partial charge is 0.351 e. The average Bonchev–Trinajstić information content (AvgIpc) is 3.38. The number of benzene rings is 1. The molecule has 2 aromatic heterocycles. The van der Waals surface area contributed by atoms with Crippen molar-refractivity contribution in [1.29, 1.82) is 0 Å². The van der Waals surface area contributed by atoms with Gasteiger partial charge in [-0.2, -0.15) is 0 Å². The van der Waals surface area contributed by atoms with E-state index in [4.69, 9.17) is 0 Å². The van der Waals surface area contributed by atoms with Crippen LogP contribution in [0.5, 0.6) is 0 Å². The SMILES string of the molecule is CCc1cc2c(cc3n2CC(C)(C(=O)NC2CCCCC2)N(c2ccc(C(C)C)cc2)C3=O)s1. The first-order valence-electron chi connectivity index (χ1n) is 12.7. The molecule has 1 aliphatic carbocycles. The van der Waals surface area contributed by atoms with Crippen molar-refractivity contribution in [2.75, 3.05) is 4.90 Å². The summed E-state index contributed by atoms with van der Waals surface area (Å²) < 4.78 is 3.19. The van der Waals surface area contributed by atoms with Gasteiger partial charge in [0.2, 0.25) is 5.91 Å². The van der Waals surface area contributed by atoms with Gasteiger partial charge in [-0.1, -0.05) is 52.2 Å². The zero-order valence-corrected chi connectivity index (χ0v) is 21.5. The van der Waals surface area contributed by atoms with Crippen molar-refractivity contribution in [3.05, 3.63) is 52.5 Å². The highest BCUT2D eigenvalue weighted by Gasteiger charge is 2.49. The predicted octanol–water partition coefficient (Wildman–Crippen LogP) is 6.26. The number of hydrogen-bond donors (Lipinski definition) is 1. The zero-order valence-electron chi connectivity index (χ0n) is 20.7. The predicted molar refractivity (Wildman–Crippen MR) is 140 cm³/mol. The second-order valence-electron chi connectivity index (χ2n) is 10.4. The molecule has 0 spiro atoms. The number of nitrogens with zero attached hydrogens (tertiary/aromatic N) is 2. The van der Waals surface area contributed by atoms with E-state index >= 15 is 0 Å². The highest BCUT2D eigenvalue weighted by molar-refractivity contribution is 7.19. The van der Waals surface area contributed by atoms with Crippen LogP contribution >= 0.6 is 11.3 Å². The molecule has 1 atom stereocenters. The van der Waals surface area contributed by atoms with Crippen LogP contribution in [0.1, 0.15) is 86.6 Å². The Balaban J connectivity index is 1.58. The standard InChI is InChI=1S/C28H35N3O2S/c1-5-22-15-23-25(34-22)16-24-26(32)31(21-13-11-19(12-14-21)18(2)3)28(4,17-30(23)24)27(33)29-20-9-7-6-8-10-20/h11-16,18,20H,5-10,17H2,1-4H3,(H,29,33). The molecule has 1 aliphatic heterocycles. The van der Waals surface area contributed by atoms with E-state index in [-0.39, 0.29) is 17.9 Å². The van der Waals surface area contributed by atoms with Crippen LogP contribution in [-0.4, -0.2) is 28.0 Å². The first kappa shape index (κ1) is 23.2. The van der Waals surface area contributed by atoms with Crippen LogP contribution in [0.3, 0.4) is 0 Å². The Labute approximate surface area is 206 Å². The van der Waals surface area contributed by atoms with Crippen LogP contribution in [0.4, 0.5) is 5.69 Å². The first-order valence-corrected chi connectivity index (χ1v) is 13.5. The van der Waals surface area contributed by atoms with E-state index in [9.17, 15) is 9.59 Å². The number of hydrogen-bond acceptors (Lipinski definition) is 3. The number of aromatic nitrogens is 1. The van der Waals surface area contributed by atoms with E-state index in [2.05, 4.69) is 48.9 Å². The third-order valence-electron chi connectivity index (χ3n) is 7.62. The number of aryl methyl sites for hydroxylation is 1. The molecule has 3 aromatic rings. The van der Waals surface area contributed by atoms with Gasteiger partial charge in [0.1, 0.15) is 11.2 Å². The van der Waals surface area contributed by atoms with E-state index in [1.165, 1.54) is 16.9 Å². The third kappa shape index (κ3) is 3.86. The summed E-state index contributed by atoms with van der Waals surface area (Å²) in [5.41, 5.74) is 2.72. The molecule has 1 aromatic carbocycles. The van der Waals surface area contributed by atoms with Crippen LogP contribution < -0.4 is 10.2 Å². The summed E-state index contributed by atoms with van der Waals surface area (Å²) in [6.07, 6.45) is 6.54. The van der Waals surface area contributed by atoms with Gasteiger partial charge in [0, 0.05) is 16.6 Å². The molecule has 2 aliphatic rings. The maximum absolute atomic E-state index is 14.0. The summed E-state index contributed by atoms with van der Waals surface area (Å²) in [7, 11) is 0. The van der Waals surface area contributed by atoms with E-state index in [0.717, 1.165) is 48.0 Å². The number of thiophene rings is 1. The molecule has 1 N–H and O–H groups in total. The summed E-state index contributed by atoms with van der Waals surface area (Å²) in [5.74, 6) is 0.245. The molecule has 34 heavy (non-hydrogen) atoms. The highest BCUT2D eigenvalue weighted by Crippen LogP contribution is 2.39. The Hall–Kier alpha value is -2.60. The second kappa shape index (κ2) is 8.88. The van der Waals surface area contributed by atoms with E-state index in [0.29, 0.717) is 18.2 Å². The van der Waals surface area contributed by atoms with Gasteiger partial charge in [-0.25, -0.2) is 0 Å². The molecule has 5 rings (SSSR count). The lowest BCUT2D eigenvalue weighted by atomic mass is 9.90. The lowest BCUT2D eigenvalue weighted by Crippen LogP contribution is -2.65. The molecule has 0 saturated heterocycles. The van der Waals surface area contributed by atoms with Crippen LogP contribution in [0.2, 0.25) is 0 Å². The lowest BCUT2D eigenvalue weighted by Gasteiger charge is -2.44. The highest BCUT2D eigenvalue weighted by atomic mass is 32.1. The van der Waals surface area contributed by atoms with Gasteiger partial charge in [0.25, 0.3) is 5.91 Å². The summed E-state index contributed by atoms with van der Waals surface area (Å²) in [6.45, 7) is 8.85. The van der Waals surface area contributed by atoms with Crippen LogP contribution in [-0.2, 0) is 17.8 Å². The lowest BCUT2D eigenvalue weighted by molar-refractivity contribution is -0.127. The molecule has 6 heteroatoms. The second-order valence-corrected chi connectivity index (χ2v) is 11.6. The van der Waals surface area contributed by atoms with Crippen molar-refractivity contribution in [2.45, 2.75) is 90.3 Å². The van der Waals surface area contributed by atoms with Crippen molar-refractivity contribution in [3.63, 3.8) is 0 Å². The molecule has 0 radical (unpaired) electrons. The summed E-state index contributed by atoms with van der Waals surface area (Å²) in [4.78, 5) is 30.9. The number of nitrogens with one attached hydrogen (secondary N) is 1. The Morgan fingerprint density at radius 1 is 1.15 bits per heavy atom. The number of amides is 2. The number of anilines is 1. The number of carbonyl (C=O) groups excluding carboxylic acids is 2. The van der Waals surface area contributed by atoms with Crippen LogP contribution in [0.25, 0.3) is 10.2 Å². The Bertz CT molecular complexity index is 1220. The third-order valence-corrected chi connectivity index (χ3v) is 8.83. The summed E-state index contributed by atoms with van der Waals surface area (Å²) >= 11 is 1.74. The molecular formula is C28H35N3O2S. The van der Waals surface area contributed by atoms with Gasteiger partial charge in [0.05, 0.1) is 16.8 Å². The molecule has 0 bridgehead atoms. The summed E-state index contributed by atoms with van der Waals surface area (Å²) in [5, 5.41) is 3.32. The van der Waals surface area contributed by atoms with Gasteiger partial charge in [0.15, 0.2) is 0 Å². The minimum absolute atomic E-state index is 0.0564. The molecule has 1 fully saturated rings. The normalized spacial score (nSPS) is 21.3. The van der Waals surface area contributed by atoms with E-state index in [1.54, 1.807) is 16.2 Å². The van der Waals surface area contributed by atoms with Crippen molar-refractivity contribution < 1.29 is 9.59 Å². The first-order chi connectivity index (χ1) is 16.3. The van der Waals surface area contributed by atoms with Gasteiger partial charge in [-0.05, 0) is 61.9 Å². The molecule has 5 nitrogen and oxygen atoms in total. The number of fused-ring (bicyclic) bond motifs is 3. The monoisotopic (exact) mass is 477 g/mol.